The first-order valence-corrected chi connectivity index (χ1v) is 9.60. The summed E-state index contributed by atoms with van der Waals surface area (Å²) < 4.78 is 15.4. The van der Waals surface area contributed by atoms with Crippen LogP contribution >= 0.6 is 0 Å². The lowest BCUT2D eigenvalue weighted by Crippen LogP contribution is -2.44. The first kappa shape index (κ1) is 18.4. The van der Waals surface area contributed by atoms with E-state index in [1.165, 1.54) is 23.4 Å². The van der Waals surface area contributed by atoms with Gasteiger partial charge in [-0.25, -0.2) is 4.39 Å². The minimum absolute atomic E-state index is 0.0298. The molecular weight excluding hydrogens is 353 g/mol. The monoisotopic (exact) mass is 377 g/mol. The molecule has 28 heavy (non-hydrogen) atoms. The molecule has 0 fully saturated rings. The number of carbonyl (C=O) groups is 1. The third kappa shape index (κ3) is 3.85. The molecule has 0 bridgehead atoms. The van der Waals surface area contributed by atoms with Gasteiger partial charge in [-0.1, -0.05) is 42.5 Å². The Morgan fingerprint density at radius 2 is 1.82 bits per heavy atom. The third-order valence-corrected chi connectivity index (χ3v) is 5.35. The van der Waals surface area contributed by atoms with Crippen LogP contribution < -0.4 is 5.32 Å². The van der Waals surface area contributed by atoms with E-state index in [2.05, 4.69) is 45.2 Å². The Bertz CT molecular complexity index is 936. The van der Waals surface area contributed by atoms with E-state index in [1.807, 2.05) is 25.1 Å². The predicted molar refractivity (Wildman–Crippen MR) is 107 cm³/mol. The fourth-order valence-corrected chi connectivity index (χ4v) is 3.93. The van der Waals surface area contributed by atoms with E-state index in [0.717, 1.165) is 18.7 Å². The highest BCUT2D eigenvalue weighted by atomic mass is 19.1. The van der Waals surface area contributed by atoms with Crippen molar-refractivity contribution >= 4 is 5.91 Å². The summed E-state index contributed by atoms with van der Waals surface area (Å²) in [5.41, 5.74) is 3.28. The Balaban J connectivity index is 1.49. The molecule has 1 N–H and O–H groups in total. The van der Waals surface area contributed by atoms with E-state index in [4.69, 9.17) is 0 Å². The van der Waals surface area contributed by atoms with Crippen LogP contribution in [0.4, 0.5) is 4.39 Å². The van der Waals surface area contributed by atoms with Crippen molar-refractivity contribution in [3.05, 3.63) is 95.6 Å². The van der Waals surface area contributed by atoms with Crippen LogP contribution in [0.25, 0.3) is 0 Å². The largest absolute Gasteiger partial charge is 0.348 e. The second-order valence-electron chi connectivity index (χ2n) is 7.25. The van der Waals surface area contributed by atoms with Gasteiger partial charge in [0.15, 0.2) is 0 Å². The lowest BCUT2D eigenvalue weighted by atomic mass is 10.00. The average Bonchev–Trinajstić information content (AvgIpc) is 3.17. The summed E-state index contributed by atoms with van der Waals surface area (Å²) >= 11 is 0. The van der Waals surface area contributed by atoms with Gasteiger partial charge in [0, 0.05) is 25.0 Å². The molecule has 5 heteroatoms. The summed E-state index contributed by atoms with van der Waals surface area (Å²) in [5.74, 6) is -0.304. The van der Waals surface area contributed by atoms with E-state index in [-0.39, 0.29) is 23.8 Å². The summed E-state index contributed by atoms with van der Waals surface area (Å²) in [7, 11) is 0. The van der Waals surface area contributed by atoms with Gasteiger partial charge in [0.25, 0.3) is 0 Å². The van der Waals surface area contributed by atoms with Crippen molar-refractivity contribution < 1.29 is 9.18 Å². The van der Waals surface area contributed by atoms with Crippen LogP contribution in [0, 0.1) is 5.82 Å². The minimum Gasteiger partial charge on any atom is -0.348 e. The molecule has 0 spiro atoms. The Morgan fingerprint density at radius 1 is 1.07 bits per heavy atom. The molecule has 4 rings (SSSR count). The maximum absolute atomic E-state index is 13.1. The van der Waals surface area contributed by atoms with Crippen LogP contribution in [0.2, 0.25) is 0 Å². The highest BCUT2D eigenvalue weighted by Gasteiger charge is 2.30. The number of benzene rings is 2. The third-order valence-electron chi connectivity index (χ3n) is 5.35. The van der Waals surface area contributed by atoms with Gasteiger partial charge in [0.05, 0.1) is 18.6 Å². The van der Waals surface area contributed by atoms with Crippen molar-refractivity contribution in [2.75, 3.05) is 13.1 Å². The summed E-state index contributed by atoms with van der Waals surface area (Å²) in [6.07, 6.45) is 2.10. The van der Waals surface area contributed by atoms with Crippen LogP contribution in [0.1, 0.15) is 35.8 Å². The lowest BCUT2D eigenvalue weighted by molar-refractivity contribution is -0.123. The van der Waals surface area contributed by atoms with Gasteiger partial charge in [-0.15, -0.1) is 0 Å². The topological polar surface area (TPSA) is 37.3 Å². The molecular formula is C23H24FN3O. The number of aromatic nitrogens is 1. The van der Waals surface area contributed by atoms with Gasteiger partial charge in [-0.3, -0.25) is 9.69 Å². The number of nitrogens with one attached hydrogen (secondary N) is 1. The molecule has 0 saturated heterocycles. The van der Waals surface area contributed by atoms with Crippen molar-refractivity contribution in [1.29, 1.82) is 0 Å². The van der Waals surface area contributed by atoms with Crippen molar-refractivity contribution in [2.45, 2.75) is 25.6 Å². The standard InChI is InChI=1S/C23H24FN3O/c1-17(18-9-11-20(24)12-10-18)25-22(28)16-27-15-14-26-13-5-8-21(26)23(27)19-6-3-2-4-7-19/h2-13,17,23H,14-16H2,1H3,(H,25,28)/t17-,23-/m0/s1. The maximum atomic E-state index is 13.1. The van der Waals surface area contributed by atoms with E-state index in [1.54, 1.807) is 12.1 Å². The van der Waals surface area contributed by atoms with Crippen LogP contribution in [0.3, 0.4) is 0 Å². The first-order chi connectivity index (χ1) is 13.6. The first-order valence-electron chi connectivity index (χ1n) is 9.60. The zero-order chi connectivity index (χ0) is 19.5. The molecule has 1 aliphatic rings. The second kappa shape index (κ2) is 7.98. The van der Waals surface area contributed by atoms with E-state index in [9.17, 15) is 9.18 Å². The van der Waals surface area contributed by atoms with Crippen molar-refractivity contribution in [3.63, 3.8) is 0 Å². The molecule has 2 atom stereocenters. The van der Waals surface area contributed by atoms with Gasteiger partial charge in [0.1, 0.15) is 5.82 Å². The number of rotatable bonds is 5. The minimum atomic E-state index is -0.274. The molecule has 0 aliphatic carbocycles. The summed E-state index contributed by atoms with van der Waals surface area (Å²) in [5, 5.41) is 3.04. The smallest absolute Gasteiger partial charge is 0.234 e. The zero-order valence-corrected chi connectivity index (χ0v) is 15.9. The van der Waals surface area contributed by atoms with Gasteiger partial charge in [0.2, 0.25) is 5.91 Å². The molecule has 0 unspecified atom stereocenters. The quantitative estimate of drug-likeness (QED) is 0.732. The molecule has 1 aliphatic heterocycles. The molecule has 144 valence electrons. The molecule has 2 heterocycles. The van der Waals surface area contributed by atoms with Crippen LogP contribution in [-0.2, 0) is 11.3 Å². The lowest BCUT2D eigenvalue weighted by Gasteiger charge is -2.37. The Labute approximate surface area is 164 Å². The second-order valence-corrected chi connectivity index (χ2v) is 7.25. The number of hydrogen-bond donors (Lipinski definition) is 1. The van der Waals surface area contributed by atoms with Gasteiger partial charge >= 0.3 is 0 Å². The summed E-state index contributed by atoms with van der Waals surface area (Å²) in [4.78, 5) is 15.0. The van der Waals surface area contributed by atoms with Crippen LogP contribution in [0.5, 0.6) is 0 Å². The van der Waals surface area contributed by atoms with Gasteiger partial charge in [-0.2, -0.15) is 0 Å². The number of fused-ring (bicyclic) bond motifs is 1. The van der Waals surface area contributed by atoms with Crippen LogP contribution in [0.15, 0.2) is 72.9 Å². The molecule has 1 aromatic heterocycles. The summed E-state index contributed by atoms with van der Waals surface area (Å²) in [6, 6.07) is 20.6. The number of carbonyl (C=O) groups excluding carboxylic acids is 1. The normalized spacial score (nSPS) is 17.7. The van der Waals surface area contributed by atoms with E-state index < -0.39 is 0 Å². The van der Waals surface area contributed by atoms with E-state index >= 15 is 0 Å². The molecule has 2 aromatic carbocycles. The van der Waals surface area contributed by atoms with Crippen molar-refractivity contribution in [2.24, 2.45) is 0 Å². The fourth-order valence-electron chi connectivity index (χ4n) is 3.93. The molecule has 0 saturated carbocycles. The SMILES string of the molecule is C[C@H](NC(=O)CN1CCn2cccc2[C@@H]1c1ccccc1)c1ccc(F)cc1. The van der Waals surface area contributed by atoms with Gasteiger partial charge < -0.3 is 9.88 Å². The predicted octanol–water partition coefficient (Wildman–Crippen LogP) is 3.91. The summed E-state index contributed by atoms with van der Waals surface area (Å²) in [6.45, 7) is 3.91. The highest BCUT2D eigenvalue weighted by Crippen LogP contribution is 2.32. The number of hydrogen-bond acceptors (Lipinski definition) is 2. The molecule has 3 aromatic rings. The Kier molecular flexibility index (Phi) is 5.26. The molecule has 1 amide bonds. The van der Waals surface area contributed by atoms with Crippen molar-refractivity contribution in [1.82, 2.24) is 14.8 Å². The average molecular weight is 377 g/mol. The van der Waals surface area contributed by atoms with Gasteiger partial charge in [-0.05, 0) is 42.3 Å². The number of halogens is 1. The zero-order valence-electron chi connectivity index (χ0n) is 15.9. The number of nitrogens with zero attached hydrogens (tertiary/aromatic N) is 2. The number of amides is 1. The molecule has 0 radical (unpaired) electrons. The maximum Gasteiger partial charge on any atom is 0.234 e. The van der Waals surface area contributed by atoms with E-state index in [0.29, 0.717) is 6.54 Å². The Morgan fingerprint density at radius 3 is 2.57 bits per heavy atom. The fraction of sp³-hybridized carbons (Fsp3) is 0.261. The van der Waals surface area contributed by atoms with Crippen molar-refractivity contribution in [3.8, 4) is 0 Å². The van der Waals surface area contributed by atoms with Crippen LogP contribution in [-0.4, -0.2) is 28.5 Å². The highest BCUT2D eigenvalue weighted by molar-refractivity contribution is 5.78. The molecule has 4 nitrogen and oxygen atoms in total. The Hall–Kier alpha value is -2.92.